The first-order chi connectivity index (χ1) is 8.88. The number of nitrogens with zero attached hydrogens (tertiary/aromatic N) is 4. The van der Waals surface area contributed by atoms with Crippen molar-refractivity contribution in [1.82, 2.24) is 24.8 Å². The van der Waals surface area contributed by atoms with E-state index in [0.717, 1.165) is 28.4 Å². The molecule has 0 spiro atoms. The van der Waals surface area contributed by atoms with E-state index in [1.165, 1.54) is 11.5 Å². The van der Waals surface area contributed by atoms with Crippen molar-refractivity contribution in [2.24, 2.45) is 0 Å². The predicted molar refractivity (Wildman–Crippen MR) is 70.1 cm³/mol. The van der Waals surface area contributed by atoms with Crippen LogP contribution in [0.25, 0.3) is 22.1 Å². The topological polar surface area (TPSA) is 67.3 Å². The average Bonchev–Trinajstić information content (AvgIpc) is 3.08. The lowest BCUT2D eigenvalue weighted by Gasteiger charge is -1.92. The molecule has 0 aliphatic rings. The van der Waals surface area contributed by atoms with Crippen molar-refractivity contribution in [1.29, 1.82) is 0 Å². The normalized spacial score (nSPS) is 10.7. The fraction of sp³-hybridized carbons (Fsp3) is 0.167. The molecule has 0 amide bonds. The number of aryl methyl sites for hydroxylation is 1. The van der Waals surface area contributed by atoms with Crippen LogP contribution in [0.15, 0.2) is 30.3 Å². The Bertz CT molecular complexity index is 643. The third-order valence-electron chi connectivity index (χ3n) is 2.62. The second kappa shape index (κ2) is 4.66. The van der Waals surface area contributed by atoms with Crippen molar-refractivity contribution >= 4 is 11.5 Å². The van der Waals surface area contributed by atoms with Crippen molar-refractivity contribution < 1.29 is 0 Å². The number of benzene rings is 1. The molecule has 2 aromatic heterocycles. The number of aromatic nitrogens is 5. The van der Waals surface area contributed by atoms with Gasteiger partial charge >= 0.3 is 0 Å². The highest BCUT2D eigenvalue weighted by Gasteiger charge is 2.13. The van der Waals surface area contributed by atoms with Crippen molar-refractivity contribution in [3.63, 3.8) is 0 Å². The minimum absolute atomic E-state index is 0.695. The van der Waals surface area contributed by atoms with Gasteiger partial charge in [-0.15, -0.1) is 5.10 Å². The molecule has 1 N–H and O–H groups in total. The minimum atomic E-state index is 0.695. The Morgan fingerprint density at radius 3 is 2.83 bits per heavy atom. The molecule has 0 saturated carbocycles. The summed E-state index contributed by atoms with van der Waals surface area (Å²) in [6.45, 7) is 2.05. The van der Waals surface area contributed by atoms with Crippen LogP contribution in [0.5, 0.6) is 0 Å². The Hall–Kier alpha value is -2.08. The van der Waals surface area contributed by atoms with Gasteiger partial charge in [0.05, 0.1) is 5.69 Å². The number of aromatic amines is 1. The summed E-state index contributed by atoms with van der Waals surface area (Å²) < 4.78 is 3.96. The third kappa shape index (κ3) is 1.91. The molecule has 0 fully saturated rings. The molecule has 0 atom stereocenters. The summed E-state index contributed by atoms with van der Waals surface area (Å²) in [5.41, 5.74) is 1.95. The van der Waals surface area contributed by atoms with E-state index in [0.29, 0.717) is 5.82 Å². The number of hydrogen-bond donors (Lipinski definition) is 1. The number of hydrogen-bond acceptors (Lipinski definition) is 5. The predicted octanol–water partition coefficient (Wildman–Crippen LogP) is 2.55. The van der Waals surface area contributed by atoms with Gasteiger partial charge in [-0.1, -0.05) is 41.7 Å². The molecule has 0 unspecified atom stereocenters. The van der Waals surface area contributed by atoms with E-state index < -0.39 is 0 Å². The van der Waals surface area contributed by atoms with E-state index >= 15 is 0 Å². The molecule has 0 aliphatic heterocycles. The van der Waals surface area contributed by atoms with Crippen LogP contribution in [-0.4, -0.2) is 24.8 Å². The zero-order chi connectivity index (χ0) is 12.4. The summed E-state index contributed by atoms with van der Waals surface area (Å²) in [4.78, 5) is 5.46. The quantitative estimate of drug-likeness (QED) is 0.783. The molecular weight excluding hydrogens is 246 g/mol. The van der Waals surface area contributed by atoms with Gasteiger partial charge < -0.3 is 0 Å². The highest BCUT2D eigenvalue weighted by Crippen LogP contribution is 2.25. The van der Waals surface area contributed by atoms with E-state index in [9.17, 15) is 0 Å². The molecule has 3 rings (SSSR count). The van der Waals surface area contributed by atoms with Crippen LogP contribution in [0.4, 0.5) is 0 Å². The number of H-pyrrole nitrogens is 1. The molecule has 0 bridgehead atoms. The molecule has 6 heteroatoms. The average molecular weight is 257 g/mol. The summed E-state index contributed by atoms with van der Waals surface area (Å²) in [5.74, 6) is 1.43. The first-order valence-electron chi connectivity index (χ1n) is 5.68. The van der Waals surface area contributed by atoms with Crippen molar-refractivity contribution in [3.8, 4) is 22.1 Å². The SMILES string of the molecule is CCc1nnsc1-c1nc(-c2ccccc2)n[nH]1. The van der Waals surface area contributed by atoms with Crippen LogP contribution in [0.1, 0.15) is 12.6 Å². The van der Waals surface area contributed by atoms with Crippen molar-refractivity contribution in [2.45, 2.75) is 13.3 Å². The van der Waals surface area contributed by atoms with Gasteiger partial charge in [0, 0.05) is 5.56 Å². The third-order valence-corrected chi connectivity index (χ3v) is 3.40. The zero-order valence-electron chi connectivity index (χ0n) is 9.79. The summed E-state index contributed by atoms with van der Waals surface area (Å²) in [5, 5.41) is 11.3. The van der Waals surface area contributed by atoms with Gasteiger partial charge in [0.1, 0.15) is 4.88 Å². The maximum Gasteiger partial charge on any atom is 0.181 e. The smallest absolute Gasteiger partial charge is 0.181 e. The largest absolute Gasteiger partial charge is 0.258 e. The summed E-state index contributed by atoms with van der Waals surface area (Å²) in [7, 11) is 0. The maximum absolute atomic E-state index is 4.50. The van der Waals surface area contributed by atoms with Gasteiger partial charge in [-0.25, -0.2) is 4.98 Å². The fourth-order valence-electron chi connectivity index (χ4n) is 1.70. The molecule has 0 aliphatic carbocycles. The molecule has 18 heavy (non-hydrogen) atoms. The zero-order valence-corrected chi connectivity index (χ0v) is 10.6. The Kier molecular flexibility index (Phi) is 2.85. The molecular formula is C12H11N5S. The van der Waals surface area contributed by atoms with Gasteiger partial charge in [-0.2, -0.15) is 5.10 Å². The number of rotatable bonds is 3. The Morgan fingerprint density at radius 1 is 1.22 bits per heavy atom. The van der Waals surface area contributed by atoms with E-state index in [4.69, 9.17) is 0 Å². The fourth-order valence-corrected chi connectivity index (χ4v) is 2.39. The molecule has 0 saturated heterocycles. The van der Waals surface area contributed by atoms with E-state index in [1.807, 2.05) is 30.3 Å². The van der Waals surface area contributed by atoms with Crippen LogP contribution in [0.2, 0.25) is 0 Å². The van der Waals surface area contributed by atoms with Crippen LogP contribution >= 0.6 is 11.5 Å². The van der Waals surface area contributed by atoms with Crippen LogP contribution in [-0.2, 0) is 6.42 Å². The highest BCUT2D eigenvalue weighted by atomic mass is 32.1. The summed E-state index contributed by atoms with van der Waals surface area (Å²) in [6.07, 6.45) is 0.840. The van der Waals surface area contributed by atoms with Crippen molar-refractivity contribution in [3.05, 3.63) is 36.0 Å². The second-order valence-electron chi connectivity index (χ2n) is 3.78. The molecule has 5 nitrogen and oxygen atoms in total. The summed E-state index contributed by atoms with van der Waals surface area (Å²) >= 11 is 1.34. The van der Waals surface area contributed by atoms with Gasteiger partial charge in [0.2, 0.25) is 0 Å². The van der Waals surface area contributed by atoms with Crippen molar-refractivity contribution in [2.75, 3.05) is 0 Å². The van der Waals surface area contributed by atoms with Crippen LogP contribution in [0, 0.1) is 0 Å². The minimum Gasteiger partial charge on any atom is -0.258 e. The lowest BCUT2D eigenvalue weighted by atomic mass is 10.2. The van der Waals surface area contributed by atoms with Gasteiger partial charge in [-0.05, 0) is 18.0 Å². The lowest BCUT2D eigenvalue weighted by Crippen LogP contribution is -1.86. The van der Waals surface area contributed by atoms with Crippen LogP contribution < -0.4 is 0 Å². The lowest BCUT2D eigenvalue weighted by molar-refractivity contribution is 0.987. The molecule has 90 valence electrons. The number of nitrogens with one attached hydrogen (secondary N) is 1. The van der Waals surface area contributed by atoms with Gasteiger partial charge in [0.25, 0.3) is 0 Å². The second-order valence-corrected chi connectivity index (χ2v) is 4.53. The maximum atomic E-state index is 4.50. The van der Waals surface area contributed by atoms with Crippen LogP contribution in [0.3, 0.4) is 0 Å². The molecule has 2 heterocycles. The highest BCUT2D eigenvalue weighted by molar-refractivity contribution is 7.09. The van der Waals surface area contributed by atoms with E-state index in [-0.39, 0.29) is 0 Å². The Balaban J connectivity index is 2.00. The molecule has 1 aromatic carbocycles. The van der Waals surface area contributed by atoms with Gasteiger partial charge in [-0.3, -0.25) is 5.10 Å². The Labute approximate surface area is 108 Å². The first kappa shape index (κ1) is 11.0. The van der Waals surface area contributed by atoms with E-state index in [1.54, 1.807) is 0 Å². The van der Waals surface area contributed by atoms with E-state index in [2.05, 4.69) is 31.7 Å². The summed E-state index contributed by atoms with van der Waals surface area (Å²) in [6, 6.07) is 9.88. The van der Waals surface area contributed by atoms with Gasteiger partial charge in [0.15, 0.2) is 11.6 Å². The Morgan fingerprint density at radius 2 is 2.06 bits per heavy atom. The first-order valence-corrected chi connectivity index (χ1v) is 6.45. The molecule has 3 aromatic rings. The molecule has 0 radical (unpaired) electrons. The monoisotopic (exact) mass is 257 g/mol. The standard InChI is InChI=1S/C12H11N5S/c1-2-9-10(18-17-14-9)12-13-11(15-16-12)8-6-4-3-5-7-8/h3-7H,2H2,1H3,(H,13,15,16).